The molecule has 6 aromatic rings. The first-order valence-electron chi connectivity index (χ1n) is 12.9. The quantitative estimate of drug-likeness (QED) is 0.236. The van der Waals surface area contributed by atoms with Crippen LogP contribution in [0.4, 0.5) is 8.78 Å². The van der Waals surface area contributed by atoms with Crippen LogP contribution in [0.3, 0.4) is 0 Å². The Kier molecular flexibility index (Phi) is 7.01. The van der Waals surface area contributed by atoms with Crippen LogP contribution in [-0.2, 0) is 23.1 Å². The summed E-state index contributed by atoms with van der Waals surface area (Å²) in [6, 6.07) is 11.3. The number of nitrogens with zero attached hydrogens (tertiary/aromatic N) is 5. The molecule has 0 saturated heterocycles. The minimum absolute atomic E-state index is 0.0714. The first kappa shape index (κ1) is 27.6. The summed E-state index contributed by atoms with van der Waals surface area (Å²) in [5, 5.41) is 7.49. The Morgan fingerprint density at radius 3 is 2.57 bits per heavy atom. The van der Waals surface area contributed by atoms with Crippen molar-refractivity contribution in [2.24, 2.45) is 0 Å². The number of pyridine rings is 2. The summed E-state index contributed by atoms with van der Waals surface area (Å²) in [6.45, 7) is 0.592. The van der Waals surface area contributed by atoms with E-state index < -0.39 is 21.7 Å². The van der Waals surface area contributed by atoms with Gasteiger partial charge in [0, 0.05) is 48.4 Å². The minimum Gasteiger partial charge on any atom is -0.321 e. The van der Waals surface area contributed by atoms with Crippen LogP contribution < -0.4 is 4.72 Å². The molecule has 0 unspecified atom stereocenters. The Morgan fingerprint density at radius 1 is 0.976 bits per heavy atom. The summed E-state index contributed by atoms with van der Waals surface area (Å²) < 4.78 is 56.1. The molecule has 0 aliphatic rings. The lowest BCUT2D eigenvalue weighted by Crippen LogP contribution is -2.21. The molecule has 0 saturated carbocycles. The molecule has 214 valence electrons. The molecule has 13 heteroatoms. The van der Waals surface area contributed by atoms with E-state index in [0.717, 1.165) is 11.8 Å². The van der Waals surface area contributed by atoms with Crippen LogP contribution in [0.2, 0.25) is 0 Å². The Labute approximate surface area is 239 Å². The Balaban J connectivity index is 1.43. The van der Waals surface area contributed by atoms with Gasteiger partial charge < -0.3 is 9.88 Å². The van der Waals surface area contributed by atoms with Gasteiger partial charge in [0.05, 0.1) is 17.2 Å². The maximum Gasteiger partial charge on any atom is 0.209 e. The van der Waals surface area contributed by atoms with Gasteiger partial charge in [0.15, 0.2) is 11.5 Å². The molecule has 0 atom stereocenters. The molecule has 4 heterocycles. The van der Waals surface area contributed by atoms with E-state index in [9.17, 15) is 12.8 Å². The van der Waals surface area contributed by atoms with Crippen molar-refractivity contribution < 1.29 is 17.2 Å². The van der Waals surface area contributed by atoms with Gasteiger partial charge >= 0.3 is 0 Å². The van der Waals surface area contributed by atoms with E-state index in [2.05, 4.69) is 29.9 Å². The molecule has 0 bridgehead atoms. The van der Waals surface area contributed by atoms with E-state index in [4.69, 9.17) is 4.98 Å². The lowest BCUT2D eigenvalue weighted by Gasteiger charge is -2.11. The first-order valence-corrected chi connectivity index (χ1v) is 14.8. The lowest BCUT2D eigenvalue weighted by molar-refractivity contribution is 0.402. The number of fused-ring (bicyclic) bond motifs is 2. The molecule has 3 N–H and O–H groups in total. The van der Waals surface area contributed by atoms with E-state index in [1.165, 1.54) is 12.1 Å². The third kappa shape index (κ3) is 5.49. The molecule has 10 nitrogen and oxygen atoms in total. The third-order valence-corrected chi connectivity index (χ3v) is 7.36. The highest BCUT2D eigenvalue weighted by molar-refractivity contribution is 7.88. The number of H-pyrrole nitrogens is 2. The van der Waals surface area contributed by atoms with Crippen molar-refractivity contribution in [3.63, 3.8) is 0 Å². The van der Waals surface area contributed by atoms with Crippen molar-refractivity contribution in [2.45, 2.75) is 13.1 Å². The van der Waals surface area contributed by atoms with Crippen molar-refractivity contribution in [2.75, 3.05) is 20.4 Å². The average molecular weight is 589 g/mol. The molecular weight excluding hydrogens is 562 g/mol. The van der Waals surface area contributed by atoms with Crippen LogP contribution in [0.1, 0.15) is 11.1 Å². The summed E-state index contributed by atoms with van der Waals surface area (Å²) in [5.41, 5.74) is 5.03. The summed E-state index contributed by atoms with van der Waals surface area (Å²) in [5.74, 6) is -0.723. The Morgan fingerprint density at radius 2 is 1.79 bits per heavy atom. The summed E-state index contributed by atoms with van der Waals surface area (Å²) >= 11 is 0. The number of hydrogen-bond donors (Lipinski definition) is 3. The summed E-state index contributed by atoms with van der Waals surface area (Å²) in [6.07, 6.45) is 5.97. The van der Waals surface area contributed by atoms with Crippen molar-refractivity contribution in [1.82, 2.24) is 39.8 Å². The maximum absolute atomic E-state index is 16.1. The van der Waals surface area contributed by atoms with Crippen LogP contribution in [-0.4, -0.2) is 63.8 Å². The van der Waals surface area contributed by atoms with Gasteiger partial charge in [-0.05, 0) is 73.3 Å². The van der Waals surface area contributed by atoms with Crippen LogP contribution in [0.15, 0.2) is 61.1 Å². The van der Waals surface area contributed by atoms with Gasteiger partial charge in [0.25, 0.3) is 0 Å². The van der Waals surface area contributed by atoms with E-state index in [-0.39, 0.29) is 23.4 Å². The number of aromatic nitrogens is 6. The number of halogens is 2. The fourth-order valence-electron chi connectivity index (χ4n) is 4.93. The van der Waals surface area contributed by atoms with Crippen LogP contribution >= 0.6 is 0 Å². The maximum atomic E-state index is 16.1. The lowest BCUT2D eigenvalue weighted by atomic mass is 10.0. The Bertz CT molecular complexity index is 2070. The second-order valence-corrected chi connectivity index (χ2v) is 12.2. The number of benzene rings is 2. The predicted octanol–water partition coefficient (Wildman–Crippen LogP) is 4.62. The van der Waals surface area contributed by atoms with Gasteiger partial charge in [-0.15, -0.1) is 0 Å². The number of aromatic amines is 2. The minimum atomic E-state index is -3.46. The van der Waals surface area contributed by atoms with Gasteiger partial charge in [0.1, 0.15) is 22.8 Å². The average Bonchev–Trinajstić information content (AvgIpc) is 3.56. The van der Waals surface area contributed by atoms with Crippen molar-refractivity contribution in [3.05, 3.63) is 83.8 Å². The fraction of sp³-hybridized carbons (Fsp3) is 0.172. The van der Waals surface area contributed by atoms with Gasteiger partial charge in [-0.2, -0.15) is 5.10 Å². The second kappa shape index (κ2) is 10.7. The van der Waals surface area contributed by atoms with E-state index in [1.807, 2.05) is 25.1 Å². The monoisotopic (exact) mass is 588 g/mol. The van der Waals surface area contributed by atoms with E-state index >= 15 is 4.39 Å². The molecule has 0 aliphatic heterocycles. The molecule has 0 radical (unpaired) electrons. The van der Waals surface area contributed by atoms with Crippen LogP contribution in [0.5, 0.6) is 0 Å². The number of sulfonamides is 1. The zero-order chi connectivity index (χ0) is 29.6. The molecule has 0 spiro atoms. The summed E-state index contributed by atoms with van der Waals surface area (Å²) in [4.78, 5) is 18.5. The molecule has 2 aromatic carbocycles. The standard InChI is InChI=1S/C29H26F2N8O2S/c1-39(2)15-17-9-19(14-32-12-17)21-4-5-23-24(25(21)31)27(38-37-23)29-35-26-22(6-7-33-28(26)36-29)18-8-16(10-20(30)11-18)13-34-42(3,40)41/h4-12,14,34H,13,15H2,1-3H3,(H,37,38)(H,33,35,36). The molecular formula is C29H26F2N8O2S. The zero-order valence-electron chi connectivity index (χ0n) is 22.9. The Hall–Kier alpha value is -4.59. The van der Waals surface area contributed by atoms with E-state index in [1.54, 1.807) is 42.9 Å². The third-order valence-electron chi connectivity index (χ3n) is 6.69. The normalized spacial score (nSPS) is 12.1. The zero-order valence-corrected chi connectivity index (χ0v) is 23.7. The number of hydrogen-bond acceptors (Lipinski definition) is 7. The van der Waals surface area contributed by atoms with Gasteiger partial charge in [-0.25, -0.2) is 31.9 Å². The van der Waals surface area contributed by atoms with Gasteiger partial charge in [0.2, 0.25) is 10.0 Å². The molecule has 0 aliphatic carbocycles. The largest absolute Gasteiger partial charge is 0.321 e. The molecule has 6 rings (SSSR count). The highest BCUT2D eigenvalue weighted by Gasteiger charge is 2.21. The number of nitrogens with one attached hydrogen (secondary N) is 3. The highest BCUT2D eigenvalue weighted by atomic mass is 32.2. The fourth-order valence-corrected chi connectivity index (χ4v) is 5.36. The number of imidazole rings is 1. The van der Waals surface area contributed by atoms with Crippen molar-refractivity contribution in [1.29, 1.82) is 0 Å². The SMILES string of the molecule is CN(C)Cc1cncc(-c2ccc3[nH]nc(-c4nc5c(-c6cc(F)cc(CNS(C)(=O)=O)c6)ccnc5[nH]4)c3c2F)c1. The second-order valence-electron chi connectivity index (χ2n) is 10.3. The van der Waals surface area contributed by atoms with E-state index in [0.29, 0.717) is 51.0 Å². The topological polar surface area (TPSA) is 133 Å². The van der Waals surface area contributed by atoms with Gasteiger partial charge in [-0.1, -0.05) is 0 Å². The molecule has 0 fully saturated rings. The highest BCUT2D eigenvalue weighted by Crippen LogP contribution is 2.35. The number of rotatable bonds is 8. The van der Waals surface area contributed by atoms with Gasteiger partial charge in [-0.3, -0.25) is 10.1 Å². The van der Waals surface area contributed by atoms with Crippen LogP contribution in [0.25, 0.3) is 55.8 Å². The summed E-state index contributed by atoms with van der Waals surface area (Å²) in [7, 11) is 0.441. The van der Waals surface area contributed by atoms with Crippen molar-refractivity contribution >= 4 is 32.1 Å². The molecule has 42 heavy (non-hydrogen) atoms. The first-order chi connectivity index (χ1) is 20.1. The van der Waals surface area contributed by atoms with Crippen LogP contribution in [0, 0.1) is 11.6 Å². The smallest absolute Gasteiger partial charge is 0.209 e. The predicted molar refractivity (Wildman–Crippen MR) is 157 cm³/mol. The molecule has 4 aromatic heterocycles. The molecule has 0 amide bonds. The van der Waals surface area contributed by atoms with Crippen molar-refractivity contribution in [3.8, 4) is 33.8 Å².